The van der Waals surface area contributed by atoms with Crippen molar-refractivity contribution in [2.24, 2.45) is 5.92 Å². The maximum Gasteiger partial charge on any atom is 0.224 e. The van der Waals surface area contributed by atoms with Crippen LogP contribution in [-0.2, 0) is 9.53 Å². The highest BCUT2D eigenvalue weighted by molar-refractivity contribution is 5.79. The average Bonchev–Trinajstić information content (AvgIpc) is 2.76. The molecule has 2 N–H and O–H groups in total. The minimum Gasteiger partial charge on any atom is -0.381 e. The summed E-state index contributed by atoms with van der Waals surface area (Å²) >= 11 is 0. The summed E-state index contributed by atoms with van der Waals surface area (Å²) in [4.78, 5) is 11.5. The predicted octanol–water partition coefficient (Wildman–Crippen LogP) is 0.529. The van der Waals surface area contributed by atoms with Gasteiger partial charge < -0.3 is 15.4 Å². The molecule has 4 nitrogen and oxygen atoms in total. The van der Waals surface area contributed by atoms with Crippen LogP contribution in [-0.4, -0.2) is 38.8 Å². The second kappa shape index (κ2) is 7.65. The van der Waals surface area contributed by atoms with E-state index in [2.05, 4.69) is 17.6 Å². The quantitative estimate of drug-likeness (QED) is 0.608. The van der Waals surface area contributed by atoms with Crippen LogP contribution in [0.2, 0.25) is 0 Å². The Morgan fingerprint density at radius 2 is 2.40 bits per heavy atom. The Hall–Kier alpha value is -0.610. The Morgan fingerprint density at radius 1 is 1.53 bits per heavy atom. The molecule has 1 unspecified atom stereocenters. The molecule has 88 valence electrons. The summed E-state index contributed by atoms with van der Waals surface area (Å²) < 4.78 is 5.33. The second-order valence-electron chi connectivity index (χ2n) is 3.95. The topological polar surface area (TPSA) is 50.4 Å². The molecule has 15 heavy (non-hydrogen) atoms. The van der Waals surface area contributed by atoms with Gasteiger partial charge in [-0.05, 0) is 25.8 Å². The molecule has 4 heteroatoms. The highest BCUT2D eigenvalue weighted by atomic mass is 16.5. The minimum atomic E-state index is 0.182. The Balaban J connectivity index is 1.92. The van der Waals surface area contributed by atoms with Crippen molar-refractivity contribution in [1.29, 1.82) is 0 Å². The average molecular weight is 214 g/mol. The molecule has 1 rings (SSSR count). The van der Waals surface area contributed by atoms with Gasteiger partial charge in [-0.2, -0.15) is 0 Å². The maximum atomic E-state index is 11.5. The van der Waals surface area contributed by atoms with Crippen LogP contribution in [0.1, 0.15) is 26.2 Å². The molecule has 0 spiro atoms. The SMILES string of the molecule is CCCOCCCNC(=O)C1CCNC1. The van der Waals surface area contributed by atoms with Crippen molar-refractivity contribution in [3.63, 3.8) is 0 Å². The first-order chi connectivity index (χ1) is 7.34. The smallest absolute Gasteiger partial charge is 0.224 e. The van der Waals surface area contributed by atoms with Crippen LogP contribution in [0.3, 0.4) is 0 Å². The van der Waals surface area contributed by atoms with Crippen LogP contribution in [0.15, 0.2) is 0 Å². The van der Waals surface area contributed by atoms with E-state index >= 15 is 0 Å². The molecule has 1 aliphatic rings. The van der Waals surface area contributed by atoms with Crippen LogP contribution < -0.4 is 10.6 Å². The third-order valence-electron chi connectivity index (χ3n) is 2.54. The normalized spacial score (nSPS) is 20.5. The molecule has 0 bridgehead atoms. The number of nitrogens with one attached hydrogen (secondary N) is 2. The summed E-state index contributed by atoms with van der Waals surface area (Å²) in [5.41, 5.74) is 0. The first kappa shape index (κ1) is 12.5. The van der Waals surface area contributed by atoms with Gasteiger partial charge in [-0.1, -0.05) is 6.92 Å². The van der Waals surface area contributed by atoms with Crippen LogP contribution in [0.4, 0.5) is 0 Å². The van der Waals surface area contributed by atoms with E-state index in [0.29, 0.717) is 0 Å². The number of hydrogen-bond acceptors (Lipinski definition) is 3. The van der Waals surface area contributed by atoms with Crippen molar-refractivity contribution in [3.05, 3.63) is 0 Å². The molecular formula is C11H22N2O2. The molecule has 0 saturated carbocycles. The zero-order valence-corrected chi connectivity index (χ0v) is 9.55. The summed E-state index contributed by atoms with van der Waals surface area (Å²) in [5, 5.41) is 6.13. The highest BCUT2D eigenvalue weighted by Crippen LogP contribution is 2.06. The lowest BCUT2D eigenvalue weighted by Gasteiger charge is -2.09. The van der Waals surface area contributed by atoms with Gasteiger partial charge in [0.2, 0.25) is 5.91 Å². The van der Waals surface area contributed by atoms with Gasteiger partial charge in [0.15, 0.2) is 0 Å². The lowest BCUT2D eigenvalue weighted by Crippen LogP contribution is -2.32. The summed E-state index contributed by atoms with van der Waals surface area (Å²) in [6.45, 7) is 6.20. The van der Waals surface area contributed by atoms with Gasteiger partial charge in [0, 0.05) is 26.3 Å². The highest BCUT2D eigenvalue weighted by Gasteiger charge is 2.21. The summed E-state index contributed by atoms with van der Waals surface area (Å²) in [6.07, 6.45) is 2.93. The lowest BCUT2D eigenvalue weighted by atomic mass is 10.1. The van der Waals surface area contributed by atoms with E-state index in [4.69, 9.17) is 4.74 Å². The van der Waals surface area contributed by atoms with Crippen molar-refractivity contribution >= 4 is 5.91 Å². The van der Waals surface area contributed by atoms with Gasteiger partial charge in [0.05, 0.1) is 5.92 Å². The Kier molecular flexibility index (Phi) is 6.36. The van der Waals surface area contributed by atoms with Gasteiger partial charge in [0.25, 0.3) is 0 Å². The number of carbonyl (C=O) groups excluding carboxylic acids is 1. The monoisotopic (exact) mass is 214 g/mol. The third kappa shape index (κ3) is 5.14. The molecule has 1 fully saturated rings. The van der Waals surface area contributed by atoms with Crippen molar-refractivity contribution in [3.8, 4) is 0 Å². The molecule has 0 aromatic carbocycles. The largest absolute Gasteiger partial charge is 0.381 e. The van der Waals surface area contributed by atoms with Crippen molar-refractivity contribution in [1.82, 2.24) is 10.6 Å². The van der Waals surface area contributed by atoms with Gasteiger partial charge in [-0.25, -0.2) is 0 Å². The lowest BCUT2D eigenvalue weighted by molar-refractivity contribution is -0.124. The first-order valence-electron chi connectivity index (χ1n) is 5.90. The fourth-order valence-electron chi connectivity index (χ4n) is 1.65. The van der Waals surface area contributed by atoms with E-state index in [1.807, 2.05) is 0 Å². The third-order valence-corrected chi connectivity index (χ3v) is 2.54. The van der Waals surface area contributed by atoms with E-state index in [1.165, 1.54) is 0 Å². The molecule has 1 aliphatic heterocycles. The molecule has 0 aromatic heterocycles. The number of hydrogen-bond donors (Lipinski definition) is 2. The molecule has 1 heterocycles. The van der Waals surface area contributed by atoms with Crippen LogP contribution in [0.25, 0.3) is 0 Å². The number of rotatable bonds is 7. The zero-order chi connectivity index (χ0) is 10.9. The molecule has 1 atom stereocenters. The number of amides is 1. The van der Waals surface area contributed by atoms with Gasteiger partial charge in [-0.15, -0.1) is 0 Å². The van der Waals surface area contributed by atoms with Crippen LogP contribution in [0.5, 0.6) is 0 Å². The van der Waals surface area contributed by atoms with Crippen molar-refractivity contribution in [2.45, 2.75) is 26.2 Å². The minimum absolute atomic E-state index is 0.182. The number of ether oxygens (including phenoxy) is 1. The van der Waals surface area contributed by atoms with E-state index in [-0.39, 0.29) is 11.8 Å². The van der Waals surface area contributed by atoms with Gasteiger partial charge in [-0.3, -0.25) is 4.79 Å². The second-order valence-corrected chi connectivity index (χ2v) is 3.95. The standard InChI is InChI=1S/C11H22N2O2/c1-2-7-15-8-3-5-13-11(14)10-4-6-12-9-10/h10,12H,2-9H2,1H3,(H,13,14). The predicted molar refractivity (Wildman–Crippen MR) is 59.7 cm³/mol. The molecule has 1 saturated heterocycles. The van der Waals surface area contributed by atoms with Gasteiger partial charge in [0.1, 0.15) is 0 Å². The number of carbonyl (C=O) groups is 1. The molecule has 0 radical (unpaired) electrons. The van der Waals surface area contributed by atoms with E-state index in [1.54, 1.807) is 0 Å². The van der Waals surface area contributed by atoms with Crippen LogP contribution >= 0.6 is 0 Å². The van der Waals surface area contributed by atoms with E-state index < -0.39 is 0 Å². The molecule has 0 aliphatic carbocycles. The van der Waals surface area contributed by atoms with E-state index in [0.717, 1.165) is 52.1 Å². The van der Waals surface area contributed by atoms with Crippen molar-refractivity contribution in [2.75, 3.05) is 32.8 Å². The summed E-state index contributed by atoms with van der Waals surface area (Å²) in [6, 6.07) is 0. The Morgan fingerprint density at radius 3 is 3.07 bits per heavy atom. The zero-order valence-electron chi connectivity index (χ0n) is 9.55. The summed E-state index contributed by atoms with van der Waals surface area (Å²) in [7, 11) is 0. The molecular weight excluding hydrogens is 192 g/mol. The fraction of sp³-hybridized carbons (Fsp3) is 0.909. The molecule has 1 amide bonds. The first-order valence-corrected chi connectivity index (χ1v) is 5.90. The Labute approximate surface area is 91.8 Å². The fourth-order valence-corrected chi connectivity index (χ4v) is 1.65. The van der Waals surface area contributed by atoms with Crippen LogP contribution in [0, 0.1) is 5.92 Å². The van der Waals surface area contributed by atoms with Gasteiger partial charge >= 0.3 is 0 Å². The van der Waals surface area contributed by atoms with E-state index in [9.17, 15) is 4.79 Å². The maximum absolute atomic E-state index is 11.5. The van der Waals surface area contributed by atoms with Crippen molar-refractivity contribution < 1.29 is 9.53 Å². The molecule has 0 aromatic rings. The summed E-state index contributed by atoms with van der Waals surface area (Å²) in [5.74, 6) is 0.372. The Bertz CT molecular complexity index is 179.